The van der Waals surface area contributed by atoms with E-state index in [-0.39, 0.29) is 0 Å². The molecular weight excluding hydrogens is 322 g/mol. The molecule has 0 amide bonds. The van der Waals surface area contributed by atoms with Crippen molar-refractivity contribution in [3.63, 3.8) is 0 Å². The molecule has 2 heterocycles. The van der Waals surface area contributed by atoms with E-state index in [2.05, 4.69) is 60.3 Å². The fraction of sp³-hybridized carbons (Fsp3) is 0.190. The van der Waals surface area contributed by atoms with E-state index in [4.69, 9.17) is 5.10 Å². The van der Waals surface area contributed by atoms with Crippen molar-refractivity contribution in [3.8, 4) is 11.4 Å². The smallest absolute Gasteiger partial charge is 0.254 e. The minimum atomic E-state index is 0.594. The number of hydrogen-bond acceptors (Lipinski definition) is 4. The molecule has 26 heavy (non-hydrogen) atoms. The fourth-order valence-electron chi connectivity index (χ4n) is 3.04. The van der Waals surface area contributed by atoms with E-state index in [0.29, 0.717) is 11.6 Å². The molecule has 0 atom stereocenters. The molecular formula is C21H21N5. The Morgan fingerprint density at radius 3 is 2.42 bits per heavy atom. The number of anilines is 2. The Kier molecular flexibility index (Phi) is 3.92. The van der Waals surface area contributed by atoms with Crippen molar-refractivity contribution in [1.29, 1.82) is 0 Å². The van der Waals surface area contributed by atoms with Crippen LogP contribution in [0.5, 0.6) is 0 Å². The Hall–Kier alpha value is -3.21. The maximum atomic E-state index is 4.71. The highest BCUT2D eigenvalue weighted by atomic mass is 15.4. The zero-order valence-electron chi connectivity index (χ0n) is 15.4. The second kappa shape index (κ2) is 6.26. The van der Waals surface area contributed by atoms with Gasteiger partial charge in [0.25, 0.3) is 5.78 Å². The van der Waals surface area contributed by atoms with Crippen molar-refractivity contribution in [3.05, 3.63) is 70.9 Å². The molecule has 0 saturated carbocycles. The molecule has 4 aromatic rings. The van der Waals surface area contributed by atoms with Gasteiger partial charge in [0.1, 0.15) is 5.82 Å². The largest absolute Gasteiger partial charge is 0.340 e. The molecule has 0 aliphatic rings. The summed E-state index contributed by atoms with van der Waals surface area (Å²) in [4.78, 5) is 9.19. The van der Waals surface area contributed by atoms with E-state index in [9.17, 15) is 0 Å². The second-order valence-electron chi connectivity index (χ2n) is 6.62. The number of aryl methyl sites for hydroxylation is 3. The Morgan fingerprint density at radius 1 is 0.846 bits per heavy atom. The van der Waals surface area contributed by atoms with Gasteiger partial charge in [-0.15, -0.1) is 5.10 Å². The summed E-state index contributed by atoms with van der Waals surface area (Å²) in [5.41, 5.74) is 6.59. The van der Waals surface area contributed by atoms with E-state index < -0.39 is 0 Å². The first-order valence-corrected chi connectivity index (χ1v) is 8.66. The number of aromatic nitrogens is 4. The fourth-order valence-corrected chi connectivity index (χ4v) is 3.04. The van der Waals surface area contributed by atoms with E-state index >= 15 is 0 Å². The topological polar surface area (TPSA) is 55.1 Å². The van der Waals surface area contributed by atoms with E-state index in [1.165, 1.54) is 11.1 Å². The van der Waals surface area contributed by atoms with Crippen LogP contribution in [0, 0.1) is 27.7 Å². The van der Waals surface area contributed by atoms with Gasteiger partial charge >= 0.3 is 0 Å². The average molecular weight is 343 g/mol. The number of nitrogens with zero attached hydrogens (tertiary/aromatic N) is 4. The van der Waals surface area contributed by atoms with E-state index in [1.54, 1.807) is 4.52 Å². The normalized spacial score (nSPS) is 11.1. The maximum Gasteiger partial charge on any atom is 0.254 e. The lowest BCUT2D eigenvalue weighted by atomic mass is 10.1. The summed E-state index contributed by atoms with van der Waals surface area (Å²) in [6, 6.07) is 16.3. The van der Waals surface area contributed by atoms with Crippen LogP contribution in [0.3, 0.4) is 0 Å². The Labute approximate surface area is 152 Å². The Balaban J connectivity index is 1.85. The zero-order chi connectivity index (χ0) is 18.3. The van der Waals surface area contributed by atoms with Crippen molar-refractivity contribution in [2.45, 2.75) is 27.7 Å². The van der Waals surface area contributed by atoms with Gasteiger partial charge in [-0.1, -0.05) is 36.4 Å². The zero-order valence-corrected chi connectivity index (χ0v) is 15.4. The minimum absolute atomic E-state index is 0.594. The molecule has 5 heteroatoms. The highest BCUT2D eigenvalue weighted by molar-refractivity contribution is 5.66. The van der Waals surface area contributed by atoms with Crippen LogP contribution in [-0.4, -0.2) is 19.6 Å². The van der Waals surface area contributed by atoms with Gasteiger partial charge in [0, 0.05) is 23.0 Å². The predicted octanol–water partition coefficient (Wildman–Crippen LogP) is 4.77. The van der Waals surface area contributed by atoms with E-state index in [1.807, 2.05) is 31.2 Å². The molecule has 4 rings (SSSR count). The number of benzene rings is 2. The number of nitrogens with one attached hydrogen (secondary N) is 1. The van der Waals surface area contributed by atoms with Gasteiger partial charge in [0.15, 0.2) is 5.82 Å². The maximum absolute atomic E-state index is 4.71. The lowest BCUT2D eigenvalue weighted by molar-refractivity contribution is 0.939. The van der Waals surface area contributed by atoms with Crippen LogP contribution in [-0.2, 0) is 0 Å². The second-order valence-corrected chi connectivity index (χ2v) is 6.62. The van der Waals surface area contributed by atoms with Crippen LogP contribution in [0.15, 0.2) is 48.5 Å². The quantitative estimate of drug-likeness (QED) is 0.582. The van der Waals surface area contributed by atoms with Gasteiger partial charge in [-0.3, -0.25) is 0 Å². The first-order valence-electron chi connectivity index (χ1n) is 8.66. The van der Waals surface area contributed by atoms with Crippen molar-refractivity contribution in [1.82, 2.24) is 19.6 Å². The molecule has 5 nitrogen and oxygen atoms in total. The number of rotatable bonds is 3. The van der Waals surface area contributed by atoms with Crippen LogP contribution >= 0.6 is 0 Å². The third-order valence-electron chi connectivity index (χ3n) is 4.69. The van der Waals surface area contributed by atoms with Gasteiger partial charge < -0.3 is 5.32 Å². The first kappa shape index (κ1) is 16.3. The van der Waals surface area contributed by atoms with Gasteiger partial charge in [-0.25, -0.2) is 4.98 Å². The van der Waals surface area contributed by atoms with Gasteiger partial charge in [0.05, 0.1) is 0 Å². The first-order chi connectivity index (χ1) is 12.5. The molecule has 0 saturated heterocycles. The summed E-state index contributed by atoms with van der Waals surface area (Å²) >= 11 is 0. The summed E-state index contributed by atoms with van der Waals surface area (Å²) in [6.07, 6.45) is 0. The number of fused-ring (bicyclic) bond motifs is 1. The average Bonchev–Trinajstić information content (AvgIpc) is 3.03. The third kappa shape index (κ3) is 2.81. The van der Waals surface area contributed by atoms with Crippen LogP contribution in [0.1, 0.15) is 22.4 Å². The molecule has 0 aliphatic carbocycles. The highest BCUT2D eigenvalue weighted by Gasteiger charge is 2.13. The van der Waals surface area contributed by atoms with Crippen molar-refractivity contribution >= 4 is 17.3 Å². The SMILES string of the molecule is Cc1cc(Nc2cccc(C)c2C)n2nc(-c3ccccc3C)nc2n1. The monoisotopic (exact) mass is 343 g/mol. The Morgan fingerprint density at radius 2 is 1.62 bits per heavy atom. The van der Waals surface area contributed by atoms with Crippen LogP contribution in [0.4, 0.5) is 11.5 Å². The van der Waals surface area contributed by atoms with Gasteiger partial charge in [-0.2, -0.15) is 9.50 Å². The number of hydrogen-bond donors (Lipinski definition) is 1. The van der Waals surface area contributed by atoms with Gasteiger partial charge in [-0.05, 0) is 50.5 Å². The molecule has 0 unspecified atom stereocenters. The van der Waals surface area contributed by atoms with Crippen molar-refractivity contribution in [2.75, 3.05) is 5.32 Å². The lowest BCUT2D eigenvalue weighted by Gasteiger charge is -2.12. The van der Waals surface area contributed by atoms with Crippen molar-refractivity contribution in [2.24, 2.45) is 0 Å². The van der Waals surface area contributed by atoms with Gasteiger partial charge in [0.2, 0.25) is 0 Å². The lowest BCUT2D eigenvalue weighted by Crippen LogP contribution is -2.04. The summed E-state index contributed by atoms with van der Waals surface area (Å²) in [6.45, 7) is 8.26. The molecule has 1 N–H and O–H groups in total. The summed E-state index contributed by atoms with van der Waals surface area (Å²) in [7, 11) is 0. The summed E-state index contributed by atoms with van der Waals surface area (Å²) < 4.78 is 1.77. The Bertz CT molecular complexity index is 1110. The molecule has 0 aliphatic heterocycles. The molecule has 0 fully saturated rings. The molecule has 0 bridgehead atoms. The molecule has 130 valence electrons. The van der Waals surface area contributed by atoms with E-state index in [0.717, 1.165) is 28.3 Å². The molecule has 2 aromatic carbocycles. The highest BCUT2D eigenvalue weighted by Crippen LogP contribution is 2.25. The van der Waals surface area contributed by atoms with Crippen molar-refractivity contribution < 1.29 is 0 Å². The standard InChI is InChI=1S/C21H21N5/c1-13-9-7-11-18(16(13)4)23-19-12-15(3)22-21-24-20(25-26(19)21)17-10-6-5-8-14(17)2/h5-12,23H,1-4H3. The summed E-state index contributed by atoms with van der Waals surface area (Å²) in [5, 5.41) is 8.21. The predicted molar refractivity (Wildman–Crippen MR) is 105 cm³/mol. The van der Waals surface area contributed by atoms with Crippen LogP contribution in [0.25, 0.3) is 17.2 Å². The summed E-state index contributed by atoms with van der Waals surface area (Å²) in [5.74, 6) is 2.13. The van der Waals surface area contributed by atoms with Crippen LogP contribution < -0.4 is 5.32 Å². The van der Waals surface area contributed by atoms with Crippen LogP contribution in [0.2, 0.25) is 0 Å². The third-order valence-corrected chi connectivity index (χ3v) is 4.69. The molecule has 0 spiro atoms. The molecule has 0 radical (unpaired) electrons. The molecule has 2 aromatic heterocycles. The minimum Gasteiger partial charge on any atom is -0.340 e.